The molecule has 194 valence electrons. The van der Waals surface area contributed by atoms with Crippen LogP contribution in [-0.4, -0.2) is 71.0 Å². The molecule has 0 saturated carbocycles. The fraction of sp³-hybridized carbons (Fsp3) is 0.615. The van der Waals surface area contributed by atoms with Gasteiger partial charge >= 0.3 is 6.03 Å². The topological polar surface area (TPSA) is 105 Å². The highest BCUT2D eigenvalue weighted by atomic mass is 16.7. The van der Waals surface area contributed by atoms with Crippen LogP contribution in [0.5, 0.6) is 0 Å². The lowest BCUT2D eigenvalue weighted by molar-refractivity contribution is -0.140. The lowest BCUT2D eigenvalue weighted by atomic mass is 9.41. The molecule has 1 aromatic carbocycles. The van der Waals surface area contributed by atoms with Crippen LogP contribution in [0.4, 0.5) is 9.59 Å². The average molecular weight is 497 g/mol. The zero-order valence-electron chi connectivity index (χ0n) is 21.6. The van der Waals surface area contributed by atoms with Gasteiger partial charge in [0.1, 0.15) is 24.0 Å². The van der Waals surface area contributed by atoms with E-state index in [1.54, 1.807) is 0 Å². The normalized spacial score (nSPS) is 25.8. The highest BCUT2D eigenvalue weighted by molar-refractivity contribution is 6.92. The molecule has 3 aliphatic heterocycles. The fourth-order valence-electron chi connectivity index (χ4n) is 5.50. The van der Waals surface area contributed by atoms with Gasteiger partial charge in [-0.25, -0.2) is 4.79 Å². The number of carbonyl (C=O) groups excluding carboxylic acids is 4. The summed E-state index contributed by atoms with van der Waals surface area (Å²) in [6.45, 7) is 7.49. The number of nitrogens with one attached hydrogen (secondary N) is 1. The third-order valence-corrected chi connectivity index (χ3v) is 7.20. The minimum Gasteiger partial charge on any atom is -0.468 e. The van der Waals surface area contributed by atoms with Crippen molar-refractivity contribution in [3.05, 3.63) is 35.9 Å². The molecule has 1 N–H and O–H groups in total. The van der Waals surface area contributed by atoms with Crippen molar-refractivity contribution in [3.63, 3.8) is 0 Å². The largest absolute Gasteiger partial charge is 0.468 e. The Bertz CT molecular complexity index is 997. The molecule has 3 fully saturated rings. The van der Waals surface area contributed by atoms with Crippen LogP contribution in [0.3, 0.4) is 0 Å². The SMILES string of the molecule is C[C@@H]1CB(C(=O)OC(C)(C)C)[C@H](C(=O)CNC(=O)[C@@H]2CC[C@@H]3CN2C(=O)N3OCc2ccccc2)C1. The predicted molar refractivity (Wildman–Crippen MR) is 134 cm³/mol. The molecule has 3 amide bonds. The number of benzene rings is 1. The molecule has 0 unspecified atom stereocenters. The van der Waals surface area contributed by atoms with Crippen LogP contribution >= 0.6 is 0 Å². The maximum atomic E-state index is 13.0. The summed E-state index contributed by atoms with van der Waals surface area (Å²) < 4.78 is 5.54. The van der Waals surface area contributed by atoms with Crippen LogP contribution in [0.1, 0.15) is 52.5 Å². The van der Waals surface area contributed by atoms with E-state index in [2.05, 4.69) is 5.32 Å². The molecule has 36 heavy (non-hydrogen) atoms. The lowest BCUT2D eigenvalue weighted by Gasteiger charge is -2.29. The molecule has 4 rings (SSSR count). The van der Waals surface area contributed by atoms with Crippen LogP contribution in [0.25, 0.3) is 0 Å². The van der Waals surface area contributed by atoms with Gasteiger partial charge in [0.25, 0.3) is 12.6 Å². The first-order chi connectivity index (χ1) is 17.0. The maximum Gasteiger partial charge on any atom is 0.345 e. The summed E-state index contributed by atoms with van der Waals surface area (Å²) >= 11 is 0. The first kappa shape index (κ1) is 26.2. The molecule has 3 heterocycles. The third kappa shape index (κ3) is 5.91. The number of urea groups is 1. The molecular weight excluding hydrogens is 461 g/mol. The van der Waals surface area contributed by atoms with Gasteiger partial charge in [-0.05, 0) is 45.6 Å². The highest BCUT2D eigenvalue weighted by Crippen LogP contribution is 2.37. The second-order valence-corrected chi connectivity index (χ2v) is 11.3. The summed E-state index contributed by atoms with van der Waals surface area (Å²) in [6, 6.07) is 8.54. The predicted octanol–water partition coefficient (Wildman–Crippen LogP) is 3.49. The fourth-order valence-corrected chi connectivity index (χ4v) is 5.50. The summed E-state index contributed by atoms with van der Waals surface area (Å²) in [7, 11) is 0. The number of nitrogens with zero attached hydrogens (tertiary/aromatic N) is 2. The van der Waals surface area contributed by atoms with Crippen molar-refractivity contribution in [2.75, 3.05) is 13.1 Å². The molecule has 3 aliphatic rings. The lowest BCUT2D eigenvalue weighted by Crippen LogP contribution is -2.51. The van der Waals surface area contributed by atoms with Crippen molar-refractivity contribution in [1.82, 2.24) is 15.3 Å². The highest BCUT2D eigenvalue weighted by Gasteiger charge is 2.49. The number of Topliss-reactive ketones (excluding diaryl/α,β-unsaturated/α-hetero) is 1. The molecule has 3 saturated heterocycles. The van der Waals surface area contributed by atoms with Crippen LogP contribution in [0.15, 0.2) is 30.3 Å². The standard InChI is InChI=1S/C26H36BN3O6/c1-17-12-20(27(13-17)24(33)36-26(2,3)4)22(31)14-28-23(32)21-11-10-19-15-29(21)25(34)30(19)35-16-18-8-6-5-7-9-18/h5-9,17,19-21H,10-16H2,1-4H3,(H,28,32)/t17-,19+,20-,21-/m0/s1. The minimum atomic E-state index is -0.643. The van der Waals surface area contributed by atoms with E-state index >= 15 is 0 Å². The molecular formula is C26H36BN3O6. The van der Waals surface area contributed by atoms with Gasteiger partial charge < -0.3 is 15.0 Å². The summed E-state index contributed by atoms with van der Waals surface area (Å²) in [5, 5.41) is 4.12. The molecule has 4 atom stereocenters. The first-order valence-corrected chi connectivity index (χ1v) is 12.8. The summed E-state index contributed by atoms with van der Waals surface area (Å²) in [6.07, 6.45) is 2.35. The Balaban J connectivity index is 1.31. The summed E-state index contributed by atoms with van der Waals surface area (Å²) in [5.41, 5.74) is 0.338. The average Bonchev–Trinajstić information content (AvgIpc) is 3.33. The molecule has 0 aromatic heterocycles. The minimum absolute atomic E-state index is 0.0959. The van der Waals surface area contributed by atoms with Gasteiger partial charge in [-0.2, -0.15) is 5.06 Å². The smallest absolute Gasteiger partial charge is 0.345 e. The van der Waals surface area contributed by atoms with E-state index in [1.807, 2.05) is 58.0 Å². The maximum absolute atomic E-state index is 13.0. The number of carbonyl (C=O) groups is 4. The van der Waals surface area contributed by atoms with Gasteiger partial charge in [0.2, 0.25) is 5.91 Å². The quantitative estimate of drug-likeness (QED) is 0.552. The number of rotatable bonds is 8. The van der Waals surface area contributed by atoms with Gasteiger partial charge in [0.05, 0.1) is 12.6 Å². The Labute approximate surface area is 212 Å². The van der Waals surface area contributed by atoms with Crippen molar-refractivity contribution in [2.45, 2.75) is 83.4 Å². The molecule has 0 aliphatic carbocycles. The zero-order chi connectivity index (χ0) is 26.0. The van der Waals surface area contributed by atoms with Crippen LogP contribution in [0.2, 0.25) is 12.1 Å². The second-order valence-electron chi connectivity index (χ2n) is 11.3. The van der Waals surface area contributed by atoms with Gasteiger partial charge in [0.15, 0.2) is 0 Å². The van der Waals surface area contributed by atoms with Crippen molar-refractivity contribution >= 4 is 30.3 Å². The number of hydroxylamine groups is 2. The van der Waals surface area contributed by atoms with Gasteiger partial charge in [-0.15, -0.1) is 0 Å². The molecule has 10 heteroatoms. The van der Waals surface area contributed by atoms with E-state index in [-0.39, 0.29) is 48.7 Å². The van der Waals surface area contributed by atoms with Gasteiger partial charge in [-0.3, -0.25) is 19.2 Å². The molecule has 9 nitrogen and oxygen atoms in total. The zero-order valence-corrected chi connectivity index (χ0v) is 21.6. The summed E-state index contributed by atoms with van der Waals surface area (Å²) in [4.78, 5) is 59.0. The molecule has 0 radical (unpaired) electrons. The number of fused-ring (bicyclic) bond motifs is 2. The molecule has 1 aromatic rings. The van der Waals surface area contributed by atoms with Crippen molar-refractivity contribution in [1.29, 1.82) is 0 Å². The molecule has 2 bridgehead atoms. The van der Waals surface area contributed by atoms with Crippen molar-refractivity contribution in [3.8, 4) is 0 Å². The summed E-state index contributed by atoms with van der Waals surface area (Å²) in [5.74, 6) is -1.11. The Hall–Kier alpha value is -2.88. The molecule has 0 spiro atoms. The first-order valence-electron chi connectivity index (χ1n) is 12.8. The van der Waals surface area contributed by atoms with E-state index in [1.165, 1.54) is 9.96 Å². The van der Waals surface area contributed by atoms with Gasteiger partial charge in [0, 0.05) is 12.4 Å². The Kier molecular flexibility index (Phi) is 7.73. The van der Waals surface area contributed by atoms with E-state index in [0.29, 0.717) is 32.1 Å². The van der Waals surface area contributed by atoms with Crippen LogP contribution < -0.4 is 5.32 Å². The van der Waals surface area contributed by atoms with E-state index in [9.17, 15) is 19.2 Å². The Morgan fingerprint density at radius 2 is 1.86 bits per heavy atom. The Morgan fingerprint density at radius 3 is 2.56 bits per heavy atom. The van der Waals surface area contributed by atoms with Crippen molar-refractivity contribution in [2.24, 2.45) is 5.92 Å². The number of amides is 3. The van der Waals surface area contributed by atoms with Crippen LogP contribution in [0, 0.1) is 5.92 Å². The van der Waals surface area contributed by atoms with Gasteiger partial charge in [-0.1, -0.05) is 49.5 Å². The third-order valence-electron chi connectivity index (χ3n) is 7.20. The number of ether oxygens (including phenoxy) is 1. The number of ketones is 1. The number of hydrogen-bond donors (Lipinski definition) is 1. The monoisotopic (exact) mass is 497 g/mol. The van der Waals surface area contributed by atoms with E-state index in [0.717, 1.165) is 5.56 Å². The van der Waals surface area contributed by atoms with E-state index in [4.69, 9.17) is 9.57 Å². The van der Waals surface area contributed by atoms with E-state index < -0.39 is 24.2 Å². The van der Waals surface area contributed by atoms with Crippen molar-refractivity contribution < 1.29 is 28.8 Å². The Morgan fingerprint density at radius 1 is 1.14 bits per heavy atom. The number of hydrogen-bond acceptors (Lipinski definition) is 6. The second kappa shape index (κ2) is 10.6. The van der Waals surface area contributed by atoms with Crippen LogP contribution in [-0.2, 0) is 25.8 Å². The number of piperidine rings is 1.